The van der Waals surface area contributed by atoms with Gasteiger partial charge in [-0.1, -0.05) is 0 Å². The molecule has 1 saturated heterocycles. The number of benzene rings is 1. The standard InChI is InChI=1S/C10H9BrClFN2O/c11-6-2-8(14)9(3-7(6)13)15-4-5(12)1-10(15)16/h2-3,5H,1,4,14H2. The summed E-state index contributed by atoms with van der Waals surface area (Å²) in [5.41, 5.74) is 6.48. The summed E-state index contributed by atoms with van der Waals surface area (Å²) in [5.74, 6) is -0.580. The molecule has 1 aromatic carbocycles. The van der Waals surface area contributed by atoms with Crippen LogP contribution < -0.4 is 10.6 Å². The Morgan fingerprint density at radius 1 is 1.56 bits per heavy atom. The van der Waals surface area contributed by atoms with Gasteiger partial charge in [-0.25, -0.2) is 4.39 Å². The molecule has 0 bridgehead atoms. The molecule has 2 N–H and O–H groups in total. The Hall–Kier alpha value is -0.810. The van der Waals surface area contributed by atoms with Crippen molar-refractivity contribution in [2.75, 3.05) is 17.2 Å². The van der Waals surface area contributed by atoms with Crippen molar-refractivity contribution in [1.82, 2.24) is 0 Å². The van der Waals surface area contributed by atoms with Gasteiger partial charge in [-0.3, -0.25) is 4.79 Å². The highest BCUT2D eigenvalue weighted by Gasteiger charge is 2.30. The van der Waals surface area contributed by atoms with Crippen LogP contribution in [0.3, 0.4) is 0 Å². The number of hydrogen-bond acceptors (Lipinski definition) is 2. The average molecular weight is 308 g/mol. The molecule has 1 amide bonds. The van der Waals surface area contributed by atoms with Crippen LogP contribution >= 0.6 is 27.5 Å². The highest BCUT2D eigenvalue weighted by Crippen LogP contribution is 2.32. The van der Waals surface area contributed by atoms with E-state index in [1.807, 2.05) is 0 Å². The van der Waals surface area contributed by atoms with Crippen LogP contribution in [0.5, 0.6) is 0 Å². The predicted molar refractivity (Wildman–Crippen MR) is 65.1 cm³/mol. The maximum atomic E-state index is 13.4. The molecule has 1 unspecified atom stereocenters. The zero-order valence-corrected chi connectivity index (χ0v) is 10.6. The number of rotatable bonds is 1. The van der Waals surface area contributed by atoms with Crippen LogP contribution in [-0.2, 0) is 4.79 Å². The van der Waals surface area contributed by atoms with E-state index in [2.05, 4.69) is 15.9 Å². The SMILES string of the molecule is Nc1cc(Br)c(F)cc1N1CC(Cl)CC1=O. The van der Waals surface area contributed by atoms with Gasteiger partial charge in [0.05, 0.1) is 21.2 Å². The van der Waals surface area contributed by atoms with Crippen LogP contribution in [0, 0.1) is 5.82 Å². The van der Waals surface area contributed by atoms with Crippen molar-refractivity contribution < 1.29 is 9.18 Å². The van der Waals surface area contributed by atoms with Crippen LogP contribution in [0.1, 0.15) is 6.42 Å². The molecule has 0 radical (unpaired) electrons. The Bertz CT molecular complexity index is 455. The lowest BCUT2D eigenvalue weighted by Crippen LogP contribution is -2.25. The van der Waals surface area contributed by atoms with E-state index in [-0.39, 0.29) is 22.2 Å². The van der Waals surface area contributed by atoms with Crippen LogP contribution in [0.4, 0.5) is 15.8 Å². The van der Waals surface area contributed by atoms with E-state index in [4.69, 9.17) is 17.3 Å². The number of anilines is 2. The summed E-state index contributed by atoms with van der Waals surface area (Å²) in [6.07, 6.45) is 0.263. The van der Waals surface area contributed by atoms with Crippen molar-refractivity contribution in [2.24, 2.45) is 0 Å². The number of nitrogen functional groups attached to an aromatic ring is 1. The fraction of sp³-hybridized carbons (Fsp3) is 0.300. The van der Waals surface area contributed by atoms with Crippen LogP contribution in [-0.4, -0.2) is 17.8 Å². The van der Waals surface area contributed by atoms with Gasteiger partial charge in [0, 0.05) is 19.0 Å². The molecule has 0 saturated carbocycles. The molecule has 1 aliphatic heterocycles. The summed E-state index contributed by atoms with van der Waals surface area (Å²) >= 11 is 8.90. The Balaban J connectivity index is 2.41. The van der Waals surface area contributed by atoms with Crippen molar-refractivity contribution in [3.63, 3.8) is 0 Å². The van der Waals surface area contributed by atoms with E-state index in [9.17, 15) is 9.18 Å². The van der Waals surface area contributed by atoms with Gasteiger partial charge in [0.2, 0.25) is 5.91 Å². The summed E-state index contributed by atoms with van der Waals surface area (Å²) in [6, 6.07) is 2.69. The minimum absolute atomic E-state index is 0.131. The predicted octanol–water partition coefficient (Wildman–Crippen LogP) is 2.51. The van der Waals surface area contributed by atoms with E-state index in [0.717, 1.165) is 0 Å². The summed E-state index contributed by atoms with van der Waals surface area (Å²) in [7, 11) is 0. The van der Waals surface area contributed by atoms with Gasteiger partial charge in [-0.2, -0.15) is 0 Å². The van der Waals surface area contributed by atoms with Crippen molar-refractivity contribution >= 4 is 44.8 Å². The Labute approximate surface area is 105 Å². The number of halogens is 3. The smallest absolute Gasteiger partial charge is 0.228 e. The van der Waals surface area contributed by atoms with Crippen molar-refractivity contribution in [2.45, 2.75) is 11.8 Å². The first-order valence-corrected chi connectivity index (χ1v) is 5.91. The fourth-order valence-corrected chi connectivity index (χ4v) is 2.31. The molecule has 2 rings (SSSR count). The molecule has 16 heavy (non-hydrogen) atoms. The molecule has 0 spiro atoms. The first kappa shape index (κ1) is 11.7. The van der Waals surface area contributed by atoms with Gasteiger partial charge in [-0.05, 0) is 22.0 Å². The molecule has 0 aromatic heterocycles. The highest BCUT2D eigenvalue weighted by molar-refractivity contribution is 9.10. The first-order chi connectivity index (χ1) is 7.49. The maximum absolute atomic E-state index is 13.4. The number of carbonyl (C=O) groups is 1. The summed E-state index contributed by atoms with van der Waals surface area (Å²) in [5, 5.41) is -0.237. The third kappa shape index (κ3) is 2.01. The second-order valence-electron chi connectivity index (χ2n) is 3.63. The molecule has 86 valence electrons. The van der Waals surface area contributed by atoms with E-state index >= 15 is 0 Å². The average Bonchev–Trinajstić information content (AvgIpc) is 2.51. The number of amides is 1. The molecule has 1 aliphatic rings. The van der Waals surface area contributed by atoms with E-state index in [1.165, 1.54) is 17.0 Å². The normalized spacial score (nSPS) is 20.6. The van der Waals surface area contributed by atoms with Gasteiger partial charge >= 0.3 is 0 Å². The molecular weight excluding hydrogens is 298 g/mol. The van der Waals surface area contributed by atoms with Crippen molar-refractivity contribution in [3.05, 3.63) is 22.4 Å². The molecular formula is C10H9BrClFN2O. The van der Waals surface area contributed by atoms with Crippen LogP contribution in [0.25, 0.3) is 0 Å². The summed E-state index contributed by atoms with van der Waals surface area (Å²) in [4.78, 5) is 13.0. The van der Waals surface area contributed by atoms with Gasteiger partial charge < -0.3 is 10.6 Å². The minimum Gasteiger partial charge on any atom is -0.397 e. The molecule has 1 fully saturated rings. The topological polar surface area (TPSA) is 46.3 Å². The Morgan fingerprint density at radius 2 is 2.25 bits per heavy atom. The number of nitrogens with two attached hydrogens (primary N) is 1. The molecule has 6 heteroatoms. The third-order valence-electron chi connectivity index (χ3n) is 2.44. The van der Waals surface area contributed by atoms with E-state index in [1.54, 1.807) is 0 Å². The second-order valence-corrected chi connectivity index (χ2v) is 5.10. The summed E-state index contributed by atoms with van der Waals surface area (Å²) < 4.78 is 13.6. The van der Waals surface area contributed by atoms with Gasteiger partial charge in [-0.15, -0.1) is 11.6 Å². The maximum Gasteiger partial charge on any atom is 0.228 e. The summed E-state index contributed by atoms with van der Waals surface area (Å²) in [6.45, 7) is 0.367. The molecule has 1 aromatic rings. The lowest BCUT2D eigenvalue weighted by Gasteiger charge is -2.18. The first-order valence-electron chi connectivity index (χ1n) is 4.68. The van der Waals surface area contributed by atoms with E-state index < -0.39 is 5.82 Å². The zero-order chi connectivity index (χ0) is 11.9. The monoisotopic (exact) mass is 306 g/mol. The lowest BCUT2D eigenvalue weighted by atomic mass is 10.2. The van der Waals surface area contributed by atoms with Gasteiger partial charge in [0.25, 0.3) is 0 Å². The molecule has 0 aliphatic carbocycles. The van der Waals surface area contributed by atoms with Crippen LogP contribution in [0.2, 0.25) is 0 Å². The number of carbonyl (C=O) groups excluding carboxylic acids is 1. The number of nitrogens with zero attached hydrogens (tertiary/aromatic N) is 1. The zero-order valence-electron chi connectivity index (χ0n) is 8.21. The molecule has 1 heterocycles. The molecule has 1 atom stereocenters. The second kappa shape index (κ2) is 4.22. The largest absolute Gasteiger partial charge is 0.397 e. The van der Waals surface area contributed by atoms with E-state index in [0.29, 0.717) is 17.9 Å². The van der Waals surface area contributed by atoms with Gasteiger partial charge in [0.15, 0.2) is 0 Å². The fourth-order valence-electron chi connectivity index (χ4n) is 1.68. The quantitative estimate of drug-likeness (QED) is 0.640. The minimum atomic E-state index is -0.449. The third-order valence-corrected chi connectivity index (χ3v) is 3.34. The van der Waals surface area contributed by atoms with Crippen molar-refractivity contribution in [3.8, 4) is 0 Å². The Kier molecular flexibility index (Phi) is 3.08. The van der Waals surface area contributed by atoms with Crippen molar-refractivity contribution in [1.29, 1.82) is 0 Å². The Morgan fingerprint density at radius 3 is 2.81 bits per heavy atom. The highest BCUT2D eigenvalue weighted by atomic mass is 79.9. The van der Waals surface area contributed by atoms with Crippen LogP contribution in [0.15, 0.2) is 16.6 Å². The number of hydrogen-bond donors (Lipinski definition) is 1. The van der Waals surface area contributed by atoms with Gasteiger partial charge in [0.1, 0.15) is 5.82 Å². The molecule has 3 nitrogen and oxygen atoms in total. The number of alkyl halides is 1. The lowest BCUT2D eigenvalue weighted by molar-refractivity contribution is -0.117.